The van der Waals surface area contributed by atoms with Gasteiger partial charge in [0.15, 0.2) is 0 Å². The highest BCUT2D eigenvalue weighted by atomic mass is 32.2. The molecular weight excluding hydrogens is 320 g/mol. The molecule has 25 heavy (non-hydrogen) atoms. The molecule has 0 spiro atoms. The molecule has 0 radical (unpaired) electrons. The largest absolute Gasteiger partial charge is 0.134 e. The maximum atomic E-state index is 2.39. The number of aryl methyl sites for hydroxylation is 1. The predicted octanol–water partition coefficient (Wildman–Crippen LogP) is 7.98. The highest BCUT2D eigenvalue weighted by Gasteiger charge is 2.13. The van der Waals surface area contributed by atoms with Crippen molar-refractivity contribution in [3.05, 3.63) is 70.6 Å². The summed E-state index contributed by atoms with van der Waals surface area (Å²) in [6, 6.07) is 17.9. The zero-order valence-electron chi connectivity index (χ0n) is 16.2. The fraction of sp³-hybridized carbons (Fsp3) is 0.417. The Hall–Kier alpha value is -1.47. The van der Waals surface area contributed by atoms with Gasteiger partial charge < -0.3 is 0 Å². The molecule has 0 fully saturated rings. The molecule has 0 aliphatic heterocycles. The molecule has 0 aromatic heterocycles. The second kappa shape index (κ2) is 10.5. The van der Waals surface area contributed by atoms with Crippen molar-refractivity contribution >= 4 is 11.8 Å². The Morgan fingerprint density at radius 1 is 1.00 bits per heavy atom. The first-order valence-corrected chi connectivity index (χ1v) is 10.7. The Morgan fingerprint density at radius 2 is 1.72 bits per heavy atom. The molecule has 0 aliphatic rings. The highest BCUT2D eigenvalue weighted by molar-refractivity contribution is 8.02. The van der Waals surface area contributed by atoms with Crippen molar-refractivity contribution in [1.82, 2.24) is 0 Å². The van der Waals surface area contributed by atoms with E-state index >= 15 is 0 Å². The number of allylic oxidation sites excluding steroid dienone is 1. The average molecular weight is 353 g/mol. The molecular formula is C24H32S. The van der Waals surface area contributed by atoms with Crippen molar-refractivity contribution in [1.29, 1.82) is 0 Å². The summed E-state index contributed by atoms with van der Waals surface area (Å²) in [5, 5.41) is 2.39. The Labute approximate surface area is 158 Å². The minimum atomic E-state index is 0.551. The third kappa shape index (κ3) is 5.78. The number of thioether (sulfide) groups is 1. The maximum Gasteiger partial charge on any atom is 0.00535 e. The number of hydrogen-bond donors (Lipinski definition) is 0. The summed E-state index contributed by atoms with van der Waals surface area (Å²) in [4.78, 5) is 0. The van der Waals surface area contributed by atoms with Crippen LogP contribution < -0.4 is 0 Å². The molecule has 0 amide bonds. The van der Waals surface area contributed by atoms with Gasteiger partial charge in [-0.2, -0.15) is 0 Å². The van der Waals surface area contributed by atoms with Crippen molar-refractivity contribution in [2.24, 2.45) is 0 Å². The van der Waals surface area contributed by atoms with Gasteiger partial charge in [-0.15, -0.1) is 11.8 Å². The SMILES string of the molecule is CCCCC(/C(C)=C/SCCC)c1ccc(-c2ccccc2C)cc1. The van der Waals surface area contributed by atoms with Gasteiger partial charge in [-0.1, -0.05) is 80.8 Å². The Kier molecular flexibility index (Phi) is 8.34. The van der Waals surface area contributed by atoms with Crippen LogP contribution in [0.25, 0.3) is 11.1 Å². The van der Waals surface area contributed by atoms with Crippen molar-refractivity contribution in [2.75, 3.05) is 5.75 Å². The highest BCUT2D eigenvalue weighted by Crippen LogP contribution is 2.33. The van der Waals surface area contributed by atoms with E-state index in [0.29, 0.717) is 5.92 Å². The third-order valence-electron chi connectivity index (χ3n) is 4.76. The summed E-state index contributed by atoms with van der Waals surface area (Å²) in [5.41, 5.74) is 6.96. The fourth-order valence-electron chi connectivity index (χ4n) is 3.25. The van der Waals surface area contributed by atoms with Crippen LogP contribution in [0.3, 0.4) is 0 Å². The van der Waals surface area contributed by atoms with Gasteiger partial charge in [-0.05, 0) is 60.1 Å². The van der Waals surface area contributed by atoms with E-state index in [2.05, 4.69) is 81.6 Å². The van der Waals surface area contributed by atoms with Crippen molar-refractivity contribution in [3.8, 4) is 11.1 Å². The second-order valence-corrected chi connectivity index (χ2v) is 7.84. The summed E-state index contributed by atoms with van der Waals surface area (Å²) in [6.07, 6.45) is 5.02. The first kappa shape index (κ1) is 19.8. The van der Waals surface area contributed by atoms with Gasteiger partial charge in [0, 0.05) is 5.92 Å². The van der Waals surface area contributed by atoms with E-state index in [0.717, 1.165) is 0 Å². The lowest BCUT2D eigenvalue weighted by Gasteiger charge is -2.19. The van der Waals surface area contributed by atoms with Gasteiger partial charge in [0.1, 0.15) is 0 Å². The lowest BCUT2D eigenvalue weighted by atomic mass is 9.87. The summed E-state index contributed by atoms with van der Waals surface area (Å²) >= 11 is 1.96. The lowest BCUT2D eigenvalue weighted by Crippen LogP contribution is -2.01. The molecule has 0 aliphatic carbocycles. The Morgan fingerprint density at radius 3 is 2.36 bits per heavy atom. The van der Waals surface area contributed by atoms with Crippen LogP contribution in [-0.4, -0.2) is 5.75 Å². The van der Waals surface area contributed by atoms with Gasteiger partial charge in [0.25, 0.3) is 0 Å². The van der Waals surface area contributed by atoms with E-state index < -0.39 is 0 Å². The van der Waals surface area contributed by atoms with Crippen molar-refractivity contribution in [2.45, 2.75) is 59.3 Å². The number of unbranched alkanes of at least 4 members (excludes halogenated alkanes) is 1. The molecule has 1 unspecified atom stereocenters. The Balaban J connectivity index is 2.22. The standard InChI is InChI=1S/C24H32S/c1-5-7-11-24(20(4)18-25-17-6-2)22-15-13-21(14-16-22)23-12-9-8-10-19(23)3/h8-10,12-16,18,24H,5-7,11,17H2,1-4H3/b20-18+. The normalized spacial score (nSPS) is 13.0. The zero-order valence-corrected chi connectivity index (χ0v) is 17.0. The summed E-state index contributed by atoms with van der Waals surface area (Å²) in [7, 11) is 0. The summed E-state index contributed by atoms with van der Waals surface area (Å²) < 4.78 is 0. The average Bonchev–Trinajstić information content (AvgIpc) is 2.63. The van der Waals surface area contributed by atoms with Crippen molar-refractivity contribution in [3.63, 3.8) is 0 Å². The molecule has 1 heteroatoms. The third-order valence-corrected chi connectivity index (χ3v) is 5.94. The number of rotatable bonds is 9. The van der Waals surface area contributed by atoms with Crippen LogP contribution in [0.5, 0.6) is 0 Å². The first-order chi connectivity index (χ1) is 12.2. The molecule has 0 saturated heterocycles. The minimum Gasteiger partial charge on any atom is -0.134 e. The van der Waals surface area contributed by atoms with Crippen LogP contribution in [0, 0.1) is 6.92 Å². The van der Waals surface area contributed by atoms with Crippen LogP contribution >= 0.6 is 11.8 Å². The van der Waals surface area contributed by atoms with Gasteiger partial charge in [-0.3, -0.25) is 0 Å². The van der Waals surface area contributed by atoms with Gasteiger partial charge in [0.05, 0.1) is 0 Å². The van der Waals surface area contributed by atoms with Crippen LogP contribution in [0.2, 0.25) is 0 Å². The first-order valence-electron chi connectivity index (χ1n) is 9.61. The van der Waals surface area contributed by atoms with Gasteiger partial charge >= 0.3 is 0 Å². The topological polar surface area (TPSA) is 0 Å². The van der Waals surface area contributed by atoms with E-state index in [9.17, 15) is 0 Å². The van der Waals surface area contributed by atoms with E-state index in [1.54, 1.807) is 0 Å². The molecule has 1 atom stereocenters. The monoisotopic (exact) mass is 352 g/mol. The molecule has 0 bridgehead atoms. The molecule has 2 aromatic carbocycles. The Bertz CT molecular complexity index is 667. The van der Waals surface area contributed by atoms with Crippen LogP contribution in [0.1, 0.15) is 63.5 Å². The fourth-order valence-corrected chi connectivity index (χ4v) is 4.03. The molecule has 0 heterocycles. The van der Waals surface area contributed by atoms with Crippen LogP contribution in [0.15, 0.2) is 59.5 Å². The van der Waals surface area contributed by atoms with E-state index in [1.807, 2.05) is 11.8 Å². The number of hydrogen-bond acceptors (Lipinski definition) is 1. The minimum absolute atomic E-state index is 0.551. The van der Waals surface area contributed by atoms with Gasteiger partial charge in [0.2, 0.25) is 0 Å². The summed E-state index contributed by atoms with van der Waals surface area (Å²) in [6.45, 7) is 9.02. The number of benzene rings is 2. The van der Waals surface area contributed by atoms with Gasteiger partial charge in [-0.25, -0.2) is 0 Å². The molecule has 2 aromatic rings. The second-order valence-electron chi connectivity index (χ2n) is 6.86. The van der Waals surface area contributed by atoms with E-state index in [4.69, 9.17) is 0 Å². The quantitative estimate of drug-likeness (QED) is 0.412. The van der Waals surface area contributed by atoms with E-state index in [-0.39, 0.29) is 0 Å². The maximum absolute atomic E-state index is 2.39. The smallest absolute Gasteiger partial charge is 0.00535 e. The van der Waals surface area contributed by atoms with Crippen LogP contribution in [-0.2, 0) is 0 Å². The molecule has 0 nitrogen and oxygen atoms in total. The molecule has 0 saturated carbocycles. The molecule has 0 N–H and O–H groups in total. The van der Waals surface area contributed by atoms with Crippen molar-refractivity contribution < 1.29 is 0 Å². The van der Waals surface area contributed by atoms with Crippen LogP contribution in [0.4, 0.5) is 0 Å². The zero-order chi connectivity index (χ0) is 18.1. The summed E-state index contributed by atoms with van der Waals surface area (Å²) in [5.74, 6) is 1.76. The molecule has 134 valence electrons. The van der Waals surface area contributed by atoms with E-state index in [1.165, 1.54) is 59.3 Å². The lowest BCUT2D eigenvalue weighted by molar-refractivity contribution is 0.642. The molecule has 2 rings (SSSR count). The predicted molar refractivity (Wildman–Crippen MR) is 115 cm³/mol.